The molecule has 0 aliphatic carbocycles. The first kappa shape index (κ1) is 14.8. The van der Waals surface area contributed by atoms with Gasteiger partial charge >= 0.3 is 0 Å². The number of hydrogen-bond acceptors (Lipinski definition) is 5. The fraction of sp³-hybridized carbons (Fsp3) is 0.294. The Bertz CT molecular complexity index is 838. The molecule has 0 saturated carbocycles. The predicted octanol–water partition coefficient (Wildman–Crippen LogP) is 1.25. The number of tetrazole rings is 1. The molecule has 0 atom stereocenters. The van der Waals surface area contributed by atoms with Gasteiger partial charge in [-0.15, -0.1) is 5.10 Å². The van der Waals surface area contributed by atoms with Gasteiger partial charge in [-0.1, -0.05) is 42.5 Å². The van der Waals surface area contributed by atoms with Crippen LogP contribution in [-0.2, 0) is 22.7 Å². The van der Waals surface area contributed by atoms with Crippen molar-refractivity contribution in [2.24, 2.45) is 0 Å². The maximum Gasteiger partial charge on any atom is 0.244 e. The van der Waals surface area contributed by atoms with Gasteiger partial charge in [0.2, 0.25) is 5.91 Å². The summed E-state index contributed by atoms with van der Waals surface area (Å²) in [6.07, 6.45) is 1.52. The normalized spacial score (nSPS) is 14.8. The number of nitrogens with zero attached hydrogens (tertiary/aromatic N) is 5. The van der Waals surface area contributed by atoms with Gasteiger partial charge in [0.25, 0.3) is 0 Å². The predicted molar refractivity (Wildman–Crippen MR) is 86.9 cm³/mol. The zero-order valence-corrected chi connectivity index (χ0v) is 13.1. The van der Waals surface area contributed by atoms with Crippen molar-refractivity contribution in [1.29, 1.82) is 0 Å². The summed E-state index contributed by atoms with van der Waals surface area (Å²) in [5.74, 6) is 0.00677. The summed E-state index contributed by atoms with van der Waals surface area (Å²) in [6.45, 7) is 1.96. The van der Waals surface area contributed by atoms with E-state index in [-0.39, 0.29) is 18.6 Å². The van der Waals surface area contributed by atoms with Crippen LogP contribution in [0, 0.1) is 0 Å². The van der Waals surface area contributed by atoms with Crippen LogP contribution >= 0.6 is 0 Å². The number of fused-ring (bicyclic) bond motifs is 1. The highest BCUT2D eigenvalue weighted by Gasteiger charge is 2.31. The summed E-state index contributed by atoms with van der Waals surface area (Å²) < 4.78 is 7.37. The summed E-state index contributed by atoms with van der Waals surface area (Å²) in [4.78, 5) is 13.8. The lowest BCUT2D eigenvalue weighted by molar-refractivity contribution is -0.146. The molecular weight excluding hydrogens is 306 g/mol. The molecule has 1 saturated heterocycles. The molecule has 7 heteroatoms. The van der Waals surface area contributed by atoms with Gasteiger partial charge in [0, 0.05) is 13.1 Å². The standard InChI is InChI=1S/C17H17N5O2/c23-17(10-22-12-18-19-20-22)21-8-15(9-21)24-11-14-6-3-5-13-4-1-2-7-16(13)14/h1-7,12,15H,8-11H2. The highest BCUT2D eigenvalue weighted by molar-refractivity contribution is 5.85. The van der Waals surface area contributed by atoms with Crippen LogP contribution in [0.2, 0.25) is 0 Å². The first-order valence-electron chi connectivity index (χ1n) is 7.86. The SMILES string of the molecule is O=C(Cn1cnnn1)N1CC(OCc2cccc3ccccc23)C1. The molecule has 0 N–H and O–H groups in total. The zero-order chi connectivity index (χ0) is 16.4. The second-order valence-corrected chi connectivity index (χ2v) is 5.88. The van der Waals surface area contributed by atoms with Crippen LogP contribution in [0.5, 0.6) is 0 Å². The molecule has 3 aromatic rings. The molecule has 2 aromatic carbocycles. The molecule has 7 nitrogen and oxygen atoms in total. The third-order valence-electron chi connectivity index (χ3n) is 4.24. The summed E-state index contributed by atoms with van der Waals surface area (Å²) in [6, 6.07) is 14.5. The highest BCUT2D eigenvalue weighted by atomic mass is 16.5. The number of benzene rings is 2. The summed E-state index contributed by atoms with van der Waals surface area (Å²) in [5.41, 5.74) is 1.17. The minimum Gasteiger partial charge on any atom is -0.370 e. The Morgan fingerprint density at radius 2 is 2.00 bits per heavy atom. The Labute approximate surface area is 138 Å². The Morgan fingerprint density at radius 3 is 2.83 bits per heavy atom. The Morgan fingerprint density at radius 1 is 1.17 bits per heavy atom. The molecule has 0 bridgehead atoms. The molecule has 1 aliphatic rings. The topological polar surface area (TPSA) is 73.1 Å². The van der Waals surface area contributed by atoms with Crippen molar-refractivity contribution < 1.29 is 9.53 Å². The van der Waals surface area contributed by atoms with Crippen molar-refractivity contribution in [3.8, 4) is 0 Å². The number of carbonyl (C=O) groups is 1. The second-order valence-electron chi connectivity index (χ2n) is 5.88. The van der Waals surface area contributed by atoms with Gasteiger partial charge in [-0.2, -0.15) is 0 Å². The zero-order valence-electron chi connectivity index (χ0n) is 13.1. The number of likely N-dealkylation sites (tertiary alicyclic amines) is 1. The fourth-order valence-electron chi connectivity index (χ4n) is 2.86. The van der Waals surface area contributed by atoms with Crippen molar-refractivity contribution in [2.75, 3.05) is 13.1 Å². The van der Waals surface area contributed by atoms with E-state index in [1.165, 1.54) is 27.3 Å². The van der Waals surface area contributed by atoms with Gasteiger partial charge in [-0.25, -0.2) is 4.68 Å². The quantitative estimate of drug-likeness (QED) is 0.706. The lowest BCUT2D eigenvalue weighted by Gasteiger charge is -2.38. The van der Waals surface area contributed by atoms with Crippen molar-refractivity contribution in [3.63, 3.8) is 0 Å². The second kappa shape index (κ2) is 6.37. The van der Waals surface area contributed by atoms with E-state index in [1.807, 2.05) is 18.2 Å². The van der Waals surface area contributed by atoms with Gasteiger partial charge in [-0.05, 0) is 26.8 Å². The average Bonchev–Trinajstić information content (AvgIpc) is 3.06. The lowest BCUT2D eigenvalue weighted by Crippen LogP contribution is -2.55. The first-order valence-corrected chi connectivity index (χ1v) is 7.86. The van der Waals surface area contributed by atoms with Crippen LogP contribution in [0.4, 0.5) is 0 Å². The van der Waals surface area contributed by atoms with E-state index in [4.69, 9.17) is 4.74 Å². The van der Waals surface area contributed by atoms with Crippen molar-refractivity contribution in [1.82, 2.24) is 25.1 Å². The Hall–Kier alpha value is -2.80. The van der Waals surface area contributed by atoms with Crippen molar-refractivity contribution in [2.45, 2.75) is 19.3 Å². The molecule has 1 aromatic heterocycles. The van der Waals surface area contributed by atoms with Gasteiger partial charge < -0.3 is 9.64 Å². The number of amides is 1. The van der Waals surface area contributed by atoms with E-state index in [2.05, 4.69) is 39.8 Å². The maximum absolute atomic E-state index is 12.0. The van der Waals surface area contributed by atoms with Gasteiger partial charge in [-0.3, -0.25) is 4.79 Å². The molecule has 122 valence electrons. The van der Waals surface area contributed by atoms with Crippen LogP contribution in [0.1, 0.15) is 5.56 Å². The van der Waals surface area contributed by atoms with Gasteiger partial charge in [0.15, 0.2) is 0 Å². The number of aromatic nitrogens is 4. The maximum atomic E-state index is 12.0. The van der Waals surface area contributed by atoms with E-state index < -0.39 is 0 Å². The average molecular weight is 323 g/mol. The van der Waals surface area contributed by atoms with Crippen LogP contribution in [0.3, 0.4) is 0 Å². The number of rotatable bonds is 5. The van der Waals surface area contributed by atoms with E-state index >= 15 is 0 Å². The molecule has 1 amide bonds. The van der Waals surface area contributed by atoms with Gasteiger partial charge in [0.1, 0.15) is 12.9 Å². The lowest BCUT2D eigenvalue weighted by atomic mass is 10.1. The summed E-state index contributed by atoms with van der Waals surface area (Å²) >= 11 is 0. The smallest absolute Gasteiger partial charge is 0.244 e. The molecule has 4 rings (SSSR count). The number of hydrogen-bond donors (Lipinski definition) is 0. The largest absolute Gasteiger partial charge is 0.370 e. The molecule has 24 heavy (non-hydrogen) atoms. The minimum absolute atomic E-state index is 0.00677. The molecule has 0 unspecified atom stereocenters. The highest BCUT2D eigenvalue weighted by Crippen LogP contribution is 2.21. The number of carbonyl (C=O) groups excluding carboxylic acids is 1. The van der Waals surface area contributed by atoms with Crippen molar-refractivity contribution >= 4 is 16.7 Å². The van der Waals surface area contributed by atoms with Crippen LogP contribution in [0.15, 0.2) is 48.8 Å². The molecule has 0 spiro atoms. The van der Waals surface area contributed by atoms with E-state index in [0.29, 0.717) is 19.7 Å². The third-order valence-corrected chi connectivity index (χ3v) is 4.24. The Kier molecular flexibility index (Phi) is 3.92. The summed E-state index contributed by atoms with van der Waals surface area (Å²) in [5, 5.41) is 13.2. The molecule has 1 fully saturated rings. The van der Waals surface area contributed by atoms with Crippen LogP contribution in [0.25, 0.3) is 10.8 Å². The molecule has 2 heterocycles. The third kappa shape index (κ3) is 2.98. The minimum atomic E-state index is 0.00677. The van der Waals surface area contributed by atoms with Crippen LogP contribution < -0.4 is 0 Å². The molecule has 1 aliphatic heterocycles. The van der Waals surface area contributed by atoms with E-state index in [9.17, 15) is 4.79 Å². The van der Waals surface area contributed by atoms with Gasteiger partial charge in [0.05, 0.1) is 12.7 Å². The Balaban J connectivity index is 1.30. The molecular formula is C17H17N5O2. The summed E-state index contributed by atoms with van der Waals surface area (Å²) in [7, 11) is 0. The van der Waals surface area contributed by atoms with E-state index in [0.717, 1.165) is 0 Å². The first-order chi connectivity index (χ1) is 11.8. The van der Waals surface area contributed by atoms with Crippen molar-refractivity contribution in [3.05, 3.63) is 54.4 Å². The van der Waals surface area contributed by atoms with E-state index in [1.54, 1.807) is 4.90 Å². The monoisotopic (exact) mass is 323 g/mol. The van der Waals surface area contributed by atoms with Crippen LogP contribution in [-0.4, -0.2) is 50.2 Å². The fourth-order valence-corrected chi connectivity index (χ4v) is 2.86. The number of ether oxygens (including phenoxy) is 1. The molecule has 0 radical (unpaired) electrons.